The van der Waals surface area contributed by atoms with Gasteiger partial charge in [-0.2, -0.15) is 0 Å². The first-order chi connectivity index (χ1) is 10.2. The molecule has 1 aliphatic carbocycles. The molecule has 1 aromatic carbocycles. The van der Waals surface area contributed by atoms with Crippen LogP contribution in [0.5, 0.6) is 0 Å². The van der Waals surface area contributed by atoms with Crippen LogP contribution >= 0.6 is 0 Å². The molecule has 2 heteroatoms. The summed E-state index contributed by atoms with van der Waals surface area (Å²) in [5.41, 5.74) is 0.414. The highest BCUT2D eigenvalue weighted by atomic mass is 16.3. The average molecular weight is 287 g/mol. The first kappa shape index (κ1) is 15.1. The topological polar surface area (TPSA) is 23.5 Å². The lowest BCUT2D eigenvalue weighted by molar-refractivity contribution is 0.0123. The van der Waals surface area contributed by atoms with Gasteiger partial charge in [0.1, 0.15) is 0 Å². The van der Waals surface area contributed by atoms with Crippen LogP contribution in [0, 0.1) is 11.8 Å². The highest BCUT2D eigenvalue weighted by Crippen LogP contribution is 2.35. The third-order valence-electron chi connectivity index (χ3n) is 5.74. The Morgan fingerprint density at radius 3 is 2.14 bits per heavy atom. The van der Waals surface area contributed by atoms with Gasteiger partial charge >= 0.3 is 0 Å². The van der Waals surface area contributed by atoms with E-state index in [0.29, 0.717) is 0 Å². The Morgan fingerprint density at radius 2 is 1.62 bits per heavy atom. The number of benzene rings is 1. The van der Waals surface area contributed by atoms with Crippen LogP contribution in [0.1, 0.15) is 51.0 Å². The summed E-state index contributed by atoms with van der Waals surface area (Å²) in [6.07, 6.45) is 7.36. The summed E-state index contributed by atoms with van der Waals surface area (Å²) in [5.74, 6) is 1.82. The second-order valence-electron chi connectivity index (χ2n) is 7.15. The Kier molecular flexibility index (Phi) is 4.66. The quantitative estimate of drug-likeness (QED) is 0.890. The van der Waals surface area contributed by atoms with Crippen LogP contribution in [0.25, 0.3) is 0 Å². The molecule has 2 aliphatic heterocycles. The molecule has 0 amide bonds. The minimum atomic E-state index is -0.660. The number of hydrogen-bond acceptors (Lipinski definition) is 2. The molecular weight excluding hydrogens is 258 g/mol. The van der Waals surface area contributed by atoms with Crippen LogP contribution in [-0.2, 0) is 5.60 Å². The zero-order valence-electron chi connectivity index (χ0n) is 13.3. The third kappa shape index (κ3) is 3.49. The zero-order valence-corrected chi connectivity index (χ0v) is 13.3. The summed E-state index contributed by atoms with van der Waals surface area (Å²) in [5, 5.41) is 11.0. The van der Waals surface area contributed by atoms with E-state index in [0.717, 1.165) is 36.8 Å². The summed E-state index contributed by atoms with van der Waals surface area (Å²) < 4.78 is 0. The first-order valence-corrected chi connectivity index (χ1v) is 8.70. The molecule has 3 aliphatic rings. The van der Waals surface area contributed by atoms with Gasteiger partial charge in [-0.25, -0.2) is 0 Å². The highest BCUT2D eigenvalue weighted by molar-refractivity contribution is 5.22. The van der Waals surface area contributed by atoms with E-state index < -0.39 is 5.60 Å². The molecule has 1 aromatic rings. The number of hydrogen-bond donors (Lipinski definition) is 1. The number of nitrogens with zero attached hydrogens (tertiary/aromatic N) is 1. The van der Waals surface area contributed by atoms with Gasteiger partial charge in [-0.3, -0.25) is 0 Å². The summed E-state index contributed by atoms with van der Waals surface area (Å²) in [6.45, 7) is 5.64. The lowest BCUT2D eigenvalue weighted by Gasteiger charge is -2.31. The third-order valence-corrected chi connectivity index (χ3v) is 5.74. The smallest absolute Gasteiger partial charge is 0.0906 e. The molecule has 2 saturated heterocycles. The predicted octanol–water partition coefficient (Wildman–Crippen LogP) is 3.80. The van der Waals surface area contributed by atoms with Gasteiger partial charge < -0.3 is 10.0 Å². The predicted molar refractivity (Wildman–Crippen MR) is 87.1 cm³/mol. The maximum Gasteiger partial charge on any atom is 0.0906 e. The molecule has 1 saturated carbocycles. The normalized spacial score (nSPS) is 29.0. The van der Waals surface area contributed by atoms with Crippen molar-refractivity contribution in [2.24, 2.45) is 11.8 Å². The number of aliphatic hydroxyl groups is 1. The van der Waals surface area contributed by atoms with E-state index >= 15 is 0 Å². The number of rotatable bonds is 5. The van der Waals surface area contributed by atoms with Gasteiger partial charge in [0.15, 0.2) is 0 Å². The van der Waals surface area contributed by atoms with Crippen molar-refractivity contribution in [1.82, 2.24) is 4.90 Å². The molecule has 21 heavy (non-hydrogen) atoms. The van der Waals surface area contributed by atoms with Crippen molar-refractivity contribution in [3.8, 4) is 0 Å². The summed E-state index contributed by atoms with van der Waals surface area (Å²) >= 11 is 0. The molecule has 2 bridgehead atoms. The van der Waals surface area contributed by atoms with Crippen molar-refractivity contribution < 1.29 is 5.11 Å². The summed E-state index contributed by atoms with van der Waals surface area (Å²) in [6, 6.07) is 10.2. The molecule has 4 rings (SSSR count). The number of fused-ring (bicyclic) bond motifs is 4. The molecule has 0 radical (unpaired) electrons. The fourth-order valence-corrected chi connectivity index (χ4v) is 4.20. The zero-order chi connectivity index (χ0) is 14.7. The second kappa shape index (κ2) is 6.50. The fraction of sp³-hybridized carbons (Fsp3) is 0.684. The monoisotopic (exact) mass is 287 g/mol. The highest BCUT2D eigenvalue weighted by Gasteiger charge is 2.32. The van der Waals surface area contributed by atoms with Crippen molar-refractivity contribution in [2.75, 3.05) is 19.6 Å². The molecule has 0 unspecified atom stereocenters. The molecule has 1 atom stereocenters. The minimum Gasteiger partial charge on any atom is -0.385 e. The van der Waals surface area contributed by atoms with Gasteiger partial charge in [-0.15, -0.1) is 0 Å². The summed E-state index contributed by atoms with van der Waals surface area (Å²) in [7, 11) is 0. The van der Waals surface area contributed by atoms with Gasteiger partial charge in [-0.1, -0.05) is 37.3 Å². The minimum absolute atomic E-state index is 0.660. The van der Waals surface area contributed by atoms with Gasteiger partial charge in [0.25, 0.3) is 0 Å². The van der Waals surface area contributed by atoms with Crippen LogP contribution in [0.2, 0.25) is 0 Å². The van der Waals surface area contributed by atoms with E-state index in [9.17, 15) is 5.11 Å². The average Bonchev–Trinajstić information content (AvgIpc) is 2.86. The lowest BCUT2D eigenvalue weighted by Crippen LogP contribution is -2.35. The van der Waals surface area contributed by atoms with Crippen LogP contribution in [0.15, 0.2) is 30.3 Å². The maximum atomic E-state index is 11.0. The fourth-order valence-electron chi connectivity index (χ4n) is 4.20. The second-order valence-corrected chi connectivity index (χ2v) is 7.15. The van der Waals surface area contributed by atoms with Gasteiger partial charge in [-0.05, 0) is 55.9 Å². The molecule has 116 valence electrons. The Morgan fingerprint density at radius 1 is 1.05 bits per heavy atom. The van der Waals surface area contributed by atoms with Crippen LogP contribution < -0.4 is 0 Å². The molecule has 0 spiro atoms. The van der Waals surface area contributed by atoms with Crippen molar-refractivity contribution in [3.63, 3.8) is 0 Å². The van der Waals surface area contributed by atoms with Crippen molar-refractivity contribution in [3.05, 3.63) is 35.9 Å². The summed E-state index contributed by atoms with van der Waals surface area (Å²) in [4.78, 5) is 2.62. The van der Waals surface area contributed by atoms with E-state index in [4.69, 9.17) is 0 Å². The van der Waals surface area contributed by atoms with Crippen LogP contribution in [0.3, 0.4) is 0 Å². The first-order valence-electron chi connectivity index (χ1n) is 8.70. The van der Waals surface area contributed by atoms with E-state index in [1.807, 2.05) is 18.2 Å². The van der Waals surface area contributed by atoms with E-state index in [1.54, 1.807) is 0 Å². The van der Waals surface area contributed by atoms with Crippen molar-refractivity contribution in [1.29, 1.82) is 0 Å². The molecule has 2 nitrogen and oxygen atoms in total. The standard InChI is InChI=1S/C19H29NO/c1-2-19(21,18-6-4-3-5-7-18)12-13-20-14-16-8-9-17(15-20)11-10-16/h3-7,16-17,21H,2,8-15H2,1H3/t16?,17?,19-/m0/s1. The Bertz CT molecular complexity index is 424. The largest absolute Gasteiger partial charge is 0.385 e. The van der Waals surface area contributed by atoms with Crippen LogP contribution in [-0.4, -0.2) is 29.6 Å². The maximum absolute atomic E-state index is 11.0. The van der Waals surface area contributed by atoms with Gasteiger partial charge in [0.05, 0.1) is 5.60 Å². The van der Waals surface area contributed by atoms with E-state index in [1.165, 1.54) is 38.8 Å². The van der Waals surface area contributed by atoms with Crippen LogP contribution in [0.4, 0.5) is 0 Å². The van der Waals surface area contributed by atoms with Crippen molar-refractivity contribution in [2.45, 2.75) is 51.0 Å². The molecule has 2 heterocycles. The molecule has 3 fully saturated rings. The van der Waals surface area contributed by atoms with Gasteiger partial charge in [0, 0.05) is 19.6 Å². The van der Waals surface area contributed by atoms with Crippen molar-refractivity contribution >= 4 is 0 Å². The Hall–Kier alpha value is -0.860. The van der Waals surface area contributed by atoms with E-state index in [-0.39, 0.29) is 0 Å². The Labute approximate surface area is 129 Å². The molecular formula is C19H29NO. The van der Waals surface area contributed by atoms with Gasteiger partial charge in [0.2, 0.25) is 0 Å². The molecule has 1 N–H and O–H groups in total. The Balaban J connectivity index is 1.63. The SMILES string of the molecule is CC[C@](O)(CCN1CC2CCC(CC2)C1)c1ccccc1. The molecule has 0 aromatic heterocycles. The van der Waals surface area contributed by atoms with E-state index in [2.05, 4.69) is 24.0 Å². The lowest BCUT2D eigenvalue weighted by atomic mass is 9.84.